The number of amides is 1. The number of hydrogen-bond acceptors (Lipinski definition) is 3. The Bertz CT molecular complexity index is 782. The first-order valence-corrected chi connectivity index (χ1v) is 9.57. The third kappa shape index (κ3) is 4.38. The lowest BCUT2D eigenvalue weighted by atomic mass is 9.67. The topological polar surface area (TPSA) is 84.2 Å². The Morgan fingerprint density at radius 1 is 1.26 bits per heavy atom. The summed E-state index contributed by atoms with van der Waals surface area (Å²) in [5.74, 6) is -0.972. The van der Waals surface area contributed by atoms with E-state index in [1.165, 1.54) is 6.42 Å². The molecule has 0 bridgehead atoms. The molecule has 1 aromatic carbocycles. The van der Waals surface area contributed by atoms with Crippen LogP contribution in [0.4, 0.5) is 0 Å². The number of nitrogens with one attached hydrogen (secondary N) is 1. The van der Waals surface area contributed by atoms with Gasteiger partial charge in [-0.1, -0.05) is 37.5 Å². The van der Waals surface area contributed by atoms with Crippen molar-refractivity contribution in [3.8, 4) is 5.69 Å². The van der Waals surface area contributed by atoms with Gasteiger partial charge in [0.05, 0.1) is 23.9 Å². The second-order valence-electron chi connectivity index (χ2n) is 7.60. The van der Waals surface area contributed by atoms with Crippen molar-refractivity contribution in [2.75, 3.05) is 0 Å². The number of aromatic nitrogens is 2. The van der Waals surface area contributed by atoms with Crippen LogP contribution < -0.4 is 5.32 Å². The Kier molecular flexibility index (Phi) is 5.94. The number of carboxylic acids is 1. The molecule has 1 unspecified atom stereocenters. The van der Waals surface area contributed by atoms with Gasteiger partial charge in [0.25, 0.3) is 0 Å². The molecule has 1 fully saturated rings. The van der Waals surface area contributed by atoms with Gasteiger partial charge in [0.2, 0.25) is 5.91 Å². The van der Waals surface area contributed by atoms with E-state index in [0.717, 1.165) is 36.9 Å². The Morgan fingerprint density at radius 2 is 2.00 bits per heavy atom. The van der Waals surface area contributed by atoms with Crippen molar-refractivity contribution in [3.05, 3.63) is 48.5 Å². The zero-order chi connectivity index (χ0) is 19.3. The maximum absolute atomic E-state index is 13.1. The summed E-state index contributed by atoms with van der Waals surface area (Å²) in [5, 5.41) is 12.4. The highest BCUT2D eigenvalue weighted by Gasteiger charge is 2.43. The Balaban J connectivity index is 1.76. The summed E-state index contributed by atoms with van der Waals surface area (Å²) in [7, 11) is 0. The predicted molar refractivity (Wildman–Crippen MR) is 102 cm³/mol. The molecule has 1 atom stereocenters. The van der Waals surface area contributed by atoms with E-state index < -0.39 is 11.4 Å². The standard InChI is InChI=1S/C21H27N3O3/c1-21(13-19(25)26,17-8-3-2-4-9-17)20(27)23-14-16-7-5-6-10-18(16)24-12-11-22-15-24/h5-7,10-12,15,17H,2-4,8-9,13-14H2,1H3,(H,23,27)(H,25,26). The molecule has 3 rings (SSSR count). The van der Waals surface area contributed by atoms with Crippen LogP contribution >= 0.6 is 0 Å². The van der Waals surface area contributed by atoms with E-state index in [1.807, 2.05) is 42.0 Å². The predicted octanol–water partition coefficient (Wildman–Crippen LogP) is 3.55. The number of imidazole rings is 1. The van der Waals surface area contributed by atoms with E-state index in [1.54, 1.807) is 12.5 Å². The average Bonchev–Trinajstić information content (AvgIpc) is 3.21. The number of carbonyl (C=O) groups excluding carboxylic acids is 1. The molecule has 2 N–H and O–H groups in total. The first-order chi connectivity index (χ1) is 13.0. The van der Waals surface area contributed by atoms with E-state index in [0.29, 0.717) is 6.54 Å². The molecule has 0 aliphatic heterocycles. The van der Waals surface area contributed by atoms with E-state index in [-0.39, 0.29) is 18.2 Å². The van der Waals surface area contributed by atoms with Crippen LogP contribution in [0.25, 0.3) is 5.69 Å². The summed E-state index contributed by atoms with van der Waals surface area (Å²) in [4.78, 5) is 28.6. The quantitative estimate of drug-likeness (QED) is 0.782. The molecule has 1 heterocycles. The van der Waals surface area contributed by atoms with Crippen LogP contribution in [-0.2, 0) is 16.1 Å². The van der Waals surface area contributed by atoms with Gasteiger partial charge in [-0.2, -0.15) is 0 Å². The van der Waals surface area contributed by atoms with Gasteiger partial charge in [-0.25, -0.2) is 4.98 Å². The zero-order valence-corrected chi connectivity index (χ0v) is 15.7. The Morgan fingerprint density at radius 3 is 2.67 bits per heavy atom. The fourth-order valence-corrected chi connectivity index (χ4v) is 4.16. The van der Waals surface area contributed by atoms with Crippen molar-refractivity contribution in [2.45, 2.75) is 52.0 Å². The molecule has 1 aromatic heterocycles. The van der Waals surface area contributed by atoms with Gasteiger partial charge in [0.15, 0.2) is 0 Å². The molecule has 1 aliphatic rings. The number of aliphatic carboxylic acids is 1. The Labute approximate surface area is 159 Å². The third-order valence-electron chi connectivity index (χ3n) is 5.76. The number of carboxylic acid groups (broad SMARTS) is 1. The molecule has 1 amide bonds. The number of benzene rings is 1. The van der Waals surface area contributed by atoms with Crippen LogP contribution in [0.5, 0.6) is 0 Å². The number of rotatable bonds is 7. The minimum Gasteiger partial charge on any atom is -0.481 e. The summed E-state index contributed by atoms with van der Waals surface area (Å²) >= 11 is 0. The van der Waals surface area contributed by atoms with Crippen molar-refractivity contribution in [2.24, 2.45) is 11.3 Å². The second kappa shape index (κ2) is 8.37. The second-order valence-corrected chi connectivity index (χ2v) is 7.60. The number of carbonyl (C=O) groups is 2. The molecule has 0 saturated heterocycles. The maximum atomic E-state index is 13.1. The number of para-hydroxylation sites is 1. The normalized spacial score (nSPS) is 17.2. The molecular weight excluding hydrogens is 342 g/mol. The highest BCUT2D eigenvalue weighted by atomic mass is 16.4. The monoisotopic (exact) mass is 369 g/mol. The minimum absolute atomic E-state index is 0.117. The maximum Gasteiger partial charge on any atom is 0.304 e. The number of hydrogen-bond donors (Lipinski definition) is 2. The van der Waals surface area contributed by atoms with E-state index >= 15 is 0 Å². The summed E-state index contributed by atoms with van der Waals surface area (Å²) < 4.78 is 1.90. The van der Waals surface area contributed by atoms with Gasteiger partial charge in [-0.15, -0.1) is 0 Å². The smallest absolute Gasteiger partial charge is 0.304 e. The SMILES string of the molecule is CC(CC(=O)O)(C(=O)NCc1ccccc1-n1ccnc1)C1CCCCC1. The molecule has 6 heteroatoms. The zero-order valence-electron chi connectivity index (χ0n) is 15.7. The van der Waals surface area contributed by atoms with Crippen LogP contribution in [-0.4, -0.2) is 26.5 Å². The van der Waals surface area contributed by atoms with Gasteiger partial charge >= 0.3 is 5.97 Å². The van der Waals surface area contributed by atoms with Crippen molar-refractivity contribution in [1.29, 1.82) is 0 Å². The van der Waals surface area contributed by atoms with Crippen LogP contribution in [0.15, 0.2) is 43.0 Å². The van der Waals surface area contributed by atoms with E-state index in [2.05, 4.69) is 10.3 Å². The van der Waals surface area contributed by atoms with Crippen LogP contribution in [0.2, 0.25) is 0 Å². The molecule has 144 valence electrons. The van der Waals surface area contributed by atoms with Gasteiger partial charge in [-0.05, 0) is 37.3 Å². The van der Waals surface area contributed by atoms with Crippen molar-refractivity contribution in [1.82, 2.24) is 14.9 Å². The van der Waals surface area contributed by atoms with Crippen LogP contribution in [0, 0.1) is 11.3 Å². The summed E-state index contributed by atoms with van der Waals surface area (Å²) in [6.45, 7) is 2.17. The van der Waals surface area contributed by atoms with Crippen molar-refractivity contribution < 1.29 is 14.7 Å². The lowest BCUT2D eigenvalue weighted by molar-refractivity contribution is -0.148. The lowest BCUT2D eigenvalue weighted by Crippen LogP contribution is -2.45. The van der Waals surface area contributed by atoms with E-state index in [9.17, 15) is 14.7 Å². The lowest BCUT2D eigenvalue weighted by Gasteiger charge is -2.37. The molecule has 1 saturated carbocycles. The van der Waals surface area contributed by atoms with Crippen LogP contribution in [0.1, 0.15) is 51.0 Å². The Hall–Kier alpha value is -2.63. The van der Waals surface area contributed by atoms with E-state index in [4.69, 9.17) is 0 Å². The minimum atomic E-state index is -0.919. The largest absolute Gasteiger partial charge is 0.481 e. The number of nitrogens with zero attached hydrogens (tertiary/aromatic N) is 2. The first-order valence-electron chi connectivity index (χ1n) is 9.57. The highest BCUT2D eigenvalue weighted by molar-refractivity contribution is 5.87. The molecule has 2 aromatic rings. The third-order valence-corrected chi connectivity index (χ3v) is 5.76. The summed E-state index contributed by atoms with van der Waals surface area (Å²) in [6, 6.07) is 7.81. The summed E-state index contributed by atoms with van der Waals surface area (Å²) in [5.41, 5.74) is 1.04. The molecule has 6 nitrogen and oxygen atoms in total. The fourth-order valence-electron chi connectivity index (χ4n) is 4.16. The van der Waals surface area contributed by atoms with Gasteiger partial charge in [0, 0.05) is 18.9 Å². The van der Waals surface area contributed by atoms with Gasteiger partial charge in [0.1, 0.15) is 0 Å². The van der Waals surface area contributed by atoms with Gasteiger partial charge < -0.3 is 15.0 Å². The molecule has 0 radical (unpaired) electrons. The molecule has 27 heavy (non-hydrogen) atoms. The molecule has 0 spiro atoms. The van der Waals surface area contributed by atoms with Crippen LogP contribution in [0.3, 0.4) is 0 Å². The molecular formula is C21H27N3O3. The fraction of sp³-hybridized carbons (Fsp3) is 0.476. The van der Waals surface area contributed by atoms with Crippen molar-refractivity contribution in [3.63, 3.8) is 0 Å². The van der Waals surface area contributed by atoms with Crippen molar-refractivity contribution >= 4 is 11.9 Å². The van der Waals surface area contributed by atoms with Gasteiger partial charge in [-0.3, -0.25) is 9.59 Å². The summed E-state index contributed by atoms with van der Waals surface area (Å²) in [6.07, 6.45) is 10.3. The average molecular weight is 369 g/mol. The highest BCUT2D eigenvalue weighted by Crippen LogP contribution is 2.41. The molecule has 1 aliphatic carbocycles. The first kappa shape index (κ1) is 19.1.